The van der Waals surface area contributed by atoms with Crippen molar-refractivity contribution in [3.63, 3.8) is 0 Å². The number of hydrogen-bond donors (Lipinski definition) is 1. The molecule has 2 heterocycles. The summed E-state index contributed by atoms with van der Waals surface area (Å²) in [6.07, 6.45) is 1.68. The van der Waals surface area contributed by atoms with Gasteiger partial charge in [0.1, 0.15) is 11.5 Å². The van der Waals surface area contributed by atoms with Gasteiger partial charge in [-0.2, -0.15) is 0 Å². The van der Waals surface area contributed by atoms with Crippen molar-refractivity contribution in [2.45, 2.75) is 25.7 Å². The summed E-state index contributed by atoms with van der Waals surface area (Å²) in [6.45, 7) is 3.39. The third-order valence-corrected chi connectivity index (χ3v) is 3.15. The Bertz CT molecular complexity index is 446. The Morgan fingerprint density at radius 3 is 2.65 bits per heavy atom. The minimum absolute atomic E-state index is 0.0592. The largest absolute Gasteiger partial charge is 0.328 e. The van der Waals surface area contributed by atoms with E-state index in [9.17, 15) is 10.1 Å². The van der Waals surface area contributed by atoms with Crippen LogP contribution in [-0.4, -0.2) is 28.0 Å². The average Bonchev–Trinajstić information content (AvgIpc) is 2.28. The van der Waals surface area contributed by atoms with Gasteiger partial charge in [-0.15, -0.1) is 0 Å². The molecule has 1 aromatic heterocycles. The quantitative estimate of drug-likeness (QED) is 0.496. The minimum atomic E-state index is -0.487. The second kappa shape index (κ2) is 4.93. The summed E-state index contributed by atoms with van der Waals surface area (Å²) in [5.41, 5.74) is 0.346. The maximum Gasteiger partial charge on any atom is 0.328 e. The van der Waals surface area contributed by atoms with Crippen LogP contribution in [0.2, 0.25) is 5.15 Å². The van der Waals surface area contributed by atoms with Crippen LogP contribution in [0.5, 0.6) is 0 Å². The van der Waals surface area contributed by atoms with Crippen molar-refractivity contribution in [3.8, 4) is 0 Å². The Labute approximate surface area is 104 Å². The molecule has 0 unspecified atom stereocenters. The van der Waals surface area contributed by atoms with Gasteiger partial charge in [0.25, 0.3) is 0 Å². The lowest BCUT2D eigenvalue weighted by Gasteiger charge is -2.22. The van der Waals surface area contributed by atoms with Crippen molar-refractivity contribution >= 4 is 17.3 Å². The van der Waals surface area contributed by atoms with Crippen molar-refractivity contribution in [3.05, 3.63) is 26.8 Å². The zero-order chi connectivity index (χ0) is 12.4. The monoisotopic (exact) mass is 256 g/mol. The second-order valence-electron chi connectivity index (χ2n) is 4.08. The third kappa shape index (κ3) is 2.53. The molecular formula is C10H13ClN4O2. The summed E-state index contributed by atoms with van der Waals surface area (Å²) in [5, 5.41) is 14.2. The van der Waals surface area contributed by atoms with Gasteiger partial charge >= 0.3 is 5.69 Å². The molecule has 0 aliphatic carbocycles. The fourth-order valence-corrected chi connectivity index (χ4v) is 2.39. The smallest absolute Gasteiger partial charge is 0.317 e. The first-order valence-corrected chi connectivity index (χ1v) is 5.86. The maximum absolute atomic E-state index is 11.0. The Kier molecular flexibility index (Phi) is 3.54. The van der Waals surface area contributed by atoms with Crippen LogP contribution in [-0.2, 0) is 0 Å². The molecule has 1 N–H and O–H groups in total. The van der Waals surface area contributed by atoms with Gasteiger partial charge in [0, 0.05) is 5.92 Å². The molecule has 1 saturated heterocycles. The minimum Gasteiger partial charge on any atom is -0.317 e. The number of aromatic nitrogens is 2. The highest BCUT2D eigenvalue weighted by Gasteiger charge is 2.29. The van der Waals surface area contributed by atoms with Crippen LogP contribution in [0, 0.1) is 17.0 Å². The first kappa shape index (κ1) is 12.2. The van der Waals surface area contributed by atoms with Crippen LogP contribution in [0.1, 0.15) is 30.3 Å². The van der Waals surface area contributed by atoms with E-state index in [1.165, 1.54) is 0 Å². The molecule has 1 aromatic rings. The lowest BCUT2D eigenvalue weighted by Crippen LogP contribution is -2.27. The second-order valence-corrected chi connectivity index (χ2v) is 4.43. The van der Waals surface area contributed by atoms with Gasteiger partial charge in [-0.05, 0) is 32.9 Å². The topological polar surface area (TPSA) is 81.0 Å². The van der Waals surface area contributed by atoms with E-state index in [-0.39, 0.29) is 16.8 Å². The molecule has 0 amide bonds. The van der Waals surface area contributed by atoms with Crippen LogP contribution in [0.4, 0.5) is 5.69 Å². The highest BCUT2D eigenvalue weighted by atomic mass is 35.5. The molecule has 1 aliphatic heterocycles. The van der Waals surface area contributed by atoms with E-state index < -0.39 is 4.92 Å². The highest BCUT2D eigenvalue weighted by molar-refractivity contribution is 6.31. The molecule has 0 atom stereocenters. The van der Waals surface area contributed by atoms with Gasteiger partial charge in [0.05, 0.1) is 4.92 Å². The molecule has 2 rings (SSSR count). The molecule has 17 heavy (non-hydrogen) atoms. The number of nitro groups is 1. The lowest BCUT2D eigenvalue weighted by atomic mass is 9.93. The SMILES string of the molecule is Cc1nc(Cl)c([N+](=O)[O-])c(C2CCNCC2)n1. The molecule has 0 bridgehead atoms. The van der Waals surface area contributed by atoms with E-state index in [2.05, 4.69) is 15.3 Å². The number of halogens is 1. The summed E-state index contributed by atoms with van der Waals surface area (Å²) in [5.74, 6) is 0.574. The number of piperidine rings is 1. The predicted octanol–water partition coefficient (Wildman–Crippen LogP) is 1.81. The molecule has 6 nitrogen and oxygen atoms in total. The summed E-state index contributed by atoms with van der Waals surface area (Å²) in [4.78, 5) is 18.6. The lowest BCUT2D eigenvalue weighted by molar-refractivity contribution is -0.386. The Morgan fingerprint density at radius 2 is 2.06 bits per heavy atom. The van der Waals surface area contributed by atoms with E-state index in [1.807, 2.05) is 0 Å². The molecule has 1 fully saturated rings. The third-order valence-electron chi connectivity index (χ3n) is 2.89. The standard InChI is InChI=1S/C10H13ClN4O2/c1-6-13-8(7-2-4-12-5-3-7)9(15(16)17)10(11)14-6/h7,12H,2-5H2,1H3. The van der Waals surface area contributed by atoms with Gasteiger partial charge in [-0.25, -0.2) is 9.97 Å². The van der Waals surface area contributed by atoms with E-state index in [4.69, 9.17) is 11.6 Å². The first-order chi connectivity index (χ1) is 8.09. The van der Waals surface area contributed by atoms with E-state index in [0.29, 0.717) is 11.5 Å². The Morgan fingerprint density at radius 1 is 1.41 bits per heavy atom. The number of aryl methyl sites for hydroxylation is 1. The Hall–Kier alpha value is -1.27. The molecule has 0 saturated carbocycles. The van der Waals surface area contributed by atoms with Gasteiger partial charge in [-0.1, -0.05) is 11.6 Å². The molecule has 1 aliphatic rings. The van der Waals surface area contributed by atoms with Crippen LogP contribution in [0.15, 0.2) is 0 Å². The van der Waals surface area contributed by atoms with Crippen molar-refractivity contribution < 1.29 is 4.92 Å². The van der Waals surface area contributed by atoms with Crippen LogP contribution in [0.3, 0.4) is 0 Å². The van der Waals surface area contributed by atoms with E-state index in [1.54, 1.807) is 6.92 Å². The number of nitrogens with zero attached hydrogens (tertiary/aromatic N) is 3. The summed E-state index contributed by atoms with van der Waals surface area (Å²) < 4.78 is 0. The maximum atomic E-state index is 11.0. The van der Waals surface area contributed by atoms with Crippen LogP contribution < -0.4 is 5.32 Å². The number of rotatable bonds is 2. The zero-order valence-corrected chi connectivity index (χ0v) is 10.2. The molecule has 0 spiro atoms. The van der Waals surface area contributed by atoms with Gasteiger partial charge in [0.2, 0.25) is 5.15 Å². The fraction of sp³-hybridized carbons (Fsp3) is 0.600. The summed E-state index contributed by atoms with van der Waals surface area (Å²) >= 11 is 5.84. The van der Waals surface area contributed by atoms with Crippen LogP contribution in [0.25, 0.3) is 0 Å². The normalized spacial score (nSPS) is 17.1. The van der Waals surface area contributed by atoms with E-state index >= 15 is 0 Å². The molecule has 92 valence electrons. The van der Waals surface area contributed by atoms with Gasteiger partial charge in [0.15, 0.2) is 0 Å². The van der Waals surface area contributed by atoms with Crippen molar-refractivity contribution in [2.75, 3.05) is 13.1 Å². The predicted molar refractivity (Wildman–Crippen MR) is 63.3 cm³/mol. The Balaban J connectivity index is 2.46. The summed E-state index contributed by atoms with van der Waals surface area (Å²) in [7, 11) is 0. The van der Waals surface area contributed by atoms with Crippen molar-refractivity contribution in [2.24, 2.45) is 0 Å². The fourth-order valence-electron chi connectivity index (χ4n) is 2.10. The number of nitrogens with one attached hydrogen (secondary N) is 1. The zero-order valence-electron chi connectivity index (χ0n) is 9.44. The molecule has 0 radical (unpaired) electrons. The first-order valence-electron chi connectivity index (χ1n) is 5.48. The number of hydrogen-bond acceptors (Lipinski definition) is 5. The van der Waals surface area contributed by atoms with Crippen LogP contribution >= 0.6 is 11.6 Å². The van der Waals surface area contributed by atoms with Gasteiger partial charge in [-0.3, -0.25) is 10.1 Å². The average molecular weight is 257 g/mol. The van der Waals surface area contributed by atoms with Gasteiger partial charge < -0.3 is 5.32 Å². The van der Waals surface area contributed by atoms with E-state index in [0.717, 1.165) is 25.9 Å². The van der Waals surface area contributed by atoms with Crippen molar-refractivity contribution in [1.29, 1.82) is 0 Å². The summed E-state index contributed by atoms with van der Waals surface area (Å²) in [6, 6.07) is 0. The molecule has 7 heteroatoms. The molecular weight excluding hydrogens is 244 g/mol. The molecule has 0 aromatic carbocycles. The van der Waals surface area contributed by atoms with Crippen molar-refractivity contribution in [1.82, 2.24) is 15.3 Å². The highest BCUT2D eigenvalue weighted by Crippen LogP contribution is 2.34.